The highest BCUT2D eigenvalue weighted by Gasteiger charge is 2.33. The van der Waals surface area contributed by atoms with E-state index in [4.69, 9.17) is 11.6 Å². The van der Waals surface area contributed by atoms with Gasteiger partial charge in [0.05, 0.1) is 0 Å². The van der Waals surface area contributed by atoms with E-state index in [1.165, 1.54) is 6.08 Å². The minimum absolute atomic E-state index is 0.108. The van der Waals surface area contributed by atoms with E-state index in [1.807, 2.05) is 0 Å². The number of hydrogen-bond donors (Lipinski definition) is 1. The lowest BCUT2D eigenvalue weighted by Gasteiger charge is -2.17. The number of anilines is 1. The maximum absolute atomic E-state index is 12.4. The number of benzene rings is 1. The molecule has 0 aliphatic carbocycles. The van der Waals surface area contributed by atoms with Gasteiger partial charge in [0.2, 0.25) is 11.8 Å². The number of halogens is 1. The van der Waals surface area contributed by atoms with Crippen LogP contribution >= 0.6 is 11.6 Å². The van der Waals surface area contributed by atoms with Gasteiger partial charge in [-0.2, -0.15) is 0 Å². The zero-order valence-electron chi connectivity index (χ0n) is 12.9. The number of pyridine rings is 1. The quantitative estimate of drug-likeness (QED) is 0.870. The van der Waals surface area contributed by atoms with Gasteiger partial charge < -0.3 is 10.2 Å². The first-order valence-electron chi connectivity index (χ1n) is 7.59. The van der Waals surface area contributed by atoms with Gasteiger partial charge in [-0.15, -0.1) is 0 Å². The Hall–Kier alpha value is -2.66. The summed E-state index contributed by atoms with van der Waals surface area (Å²) in [4.78, 5) is 30.0. The lowest BCUT2D eigenvalue weighted by Crippen LogP contribution is -2.40. The third kappa shape index (κ3) is 3.81. The number of nitrogens with zero attached hydrogens (tertiary/aromatic N) is 2. The molecule has 0 bridgehead atoms. The van der Waals surface area contributed by atoms with Crippen LogP contribution in [0.4, 0.5) is 5.69 Å². The van der Waals surface area contributed by atoms with Crippen molar-refractivity contribution >= 4 is 35.2 Å². The largest absolute Gasteiger partial charge is 0.341 e. The van der Waals surface area contributed by atoms with Crippen LogP contribution in [0.5, 0.6) is 0 Å². The van der Waals surface area contributed by atoms with Crippen molar-refractivity contribution in [2.75, 3.05) is 11.4 Å². The predicted molar refractivity (Wildman–Crippen MR) is 93.6 cm³/mol. The Labute approximate surface area is 145 Å². The number of amides is 2. The normalized spacial score (nSPS) is 17.5. The molecule has 1 aromatic carbocycles. The smallest absolute Gasteiger partial charge is 0.249 e. The van der Waals surface area contributed by atoms with Crippen LogP contribution in [0.3, 0.4) is 0 Å². The first-order chi connectivity index (χ1) is 11.6. The maximum atomic E-state index is 12.4. The van der Waals surface area contributed by atoms with Crippen molar-refractivity contribution < 1.29 is 9.59 Å². The second kappa shape index (κ2) is 7.27. The van der Waals surface area contributed by atoms with Crippen LogP contribution in [0.25, 0.3) is 6.08 Å². The molecule has 0 saturated carbocycles. The van der Waals surface area contributed by atoms with Crippen LogP contribution in [0.15, 0.2) is 54.9 Å². The van der Waals surface area contributed by atoms with Crippen LogP contribution in [0, 0.1) is 0 Å². The zero-order valence-corrected chi connectivity index (χ0v) is 13.6. The number of rotatable bonds is 4. The SMILES string of the molecule is O=C(/C=C/c1ccncc1)N[C@@H]1CCN(c2ccc(Cl)cc2)C1=O. The number of nitrogens with one attached hydrogen (secondary N) is 1. The van der Waals surface area contributed by atoms with Gasteiger partial charge in [-0.25, -0.2) is 0 Å². The van der Waals surface area contributed by atoms with Crippen LogP contribution in [-0.4, -0.2) is 29.4 Å². The lowest BCUT2D eigenvalue weighted by atomic mass is 10.2. The van der Waals surface area contributed by atoms with Gasteiger partial charge in [0.1, 0.15) is 6.04 Å². The molecular formula is C18H16ClN3O2. The number of carbonyl (C=O) groups is 2. The Bertz CT molecular complexity index is 760. The molecule has 24 heavy (non-hydrogen) atoms. The monoisotopic (exact) mass is 341 g/mol. The van der Waals surface area contributed by atoms with Crippen molar-refractivity contribution in [1.82, 2.24) is 10.3 Å². The molecule has 2 amide bonds. The Morgan fingerprint density at radius 2 is 1.92 bits per heavy atom. The molecule has 1 aromatic heterocycles. The van der Waals surface area contributed by atoms with Crippen molar-refractivity contribution in [3.63, 3.8) is 0 Å². The first kappa shape index (κ1) is 16.2. The molecule has 1 aliphatic rings. The highest BCUT2D eigenvalue weighted by Crippen LogP contribution is 2.23. The molecule has 2 heterocycles. The molecule has 0 spiro atoms. The zero-order chi connectivity index (χ0) is 16.9. The van der Waals surface area contributed by atoms with Gasteiger partial charge in [0.15, 0.2) is 0 Å². The van der Waals surface area contributed by atoms with E-state index in [1.54, 1.807) is 59.8 Å². The van der Waals surface area contributed by atoms with Crippen LogP contribution < -0.4 is 10.2 Å². The highest BCUT2D eigenvalue weighted by molar-refractivity contribution is 6.30. The average Bonchev–Trinajstić information content (AvgIpc) is 2.95. The fraction of sp³-hybridized carbons (Fsp3) is 0.167. The Kier molecular flexibility index (Phi) is 4.91. The van der Waals surface area contributed by atoms with E-state index in [0.717, 1.165) is 11.3 Å². The summed E-state index contributed by atoms with van der Waals surface area (Å²) in [7, 11) is 0. The van der Waals surface area contributed by atoms with Gasteiger partial charge >= 0.3 is 0 Å². The van der Waals surface area contributed by atoms with E-state index in [-0.39, 0.29) is 11.8 Å². The van der Waals surface area contributed by atoms with Crippen molar-refractivity contribution in [1.29, 1.82) is 0 Å². The third-order valence-electron chi connectivity index (χ3n) is 3.79. The summed E-state index contributed by atoms with van der Waals surface area (Å²) in [5, 5.41) is 3.37. The van der Waals surface area contributed by atoms with E-state index in [9.17, 15) is 9.59 Å². The highest BCUT2D eigenvalue weighted by atomic mass is 35.5. The summed E-state index contributed by atoms with van der Waals surface area (Å²) in [6.07, 6.45) is 7.00. The second-order valence-corrected chi connectivity index (χ2v) is 5.87. The molecular weight excluding hydrogens is 326 g/mol. The Balaban J connectivity index is 1.60. The second-order valence-electron chi connectivity index (χ2n) is 5.43. The molecule has 2 aromatic rings. The van der Waals surface area contributed by atoms with Crippen molar-refractivity contribution in [2.24, 2.45) is 0 Å². The Morgan fingerprint density at radius 3 is 2.62 bits per heavy atom. The first-order valence-corrected chi connectivity index (χ1v) is 7.97. The molecule has 5 nitrogen and oxygen atoms in total. The van der Waals surface area contributed by atoms with Gasteiger partial charge in [0, 0.05) is 35.7 Å². The molecule has 1 fully saturated rings. The fourth-order valence-electron chi connectivity index (χ4n) is 2.56. The van der Waals surface area contributed by atoms with Gasteiger partial charge in [-0.05, 0) is 54.5 Å². The molecule has 0 unspecified atom stereocenters. The lowest BCUT2D eigenvalue weighted by molar-refractivity contribution is -0.123. The van der Waals surface area contributed by atoms with Crippen molar-refractivity contribution in [3.8, 4) is 0 Å². The molecule has 1 N–H and O–H groups in total. The summed E-state index contributed by atoms with van der Waals surface area (Å²) in [6, 6.07) is 10.2. The molecule has 6 heteroatoms. The topological polar surface area (TPSA) is 62.3 Å². The minimum Gasteiger partial charge on any atom is -0.341 e. The molecule has 122 valence electrons. The molecule has 3 rings (SSSR count). The van der Waals surface area contributed by atoms with Crippen LogP contribution in [-0.2, 0) is 9.59 Å². The maximum Gasteiger partial charge on any atom is 0.249 e. The number of hydrogen-bond acceptors (Lipinski definition) is 3. The molecule has 1 saturated heterocycles. The minimum atomic E-state index is -0.504. The standard InChI is InChI=1S/C18H16ClN3O2/c19-14-2-4-15(5-3-14)22-12-9-16(18(22)24)21-17(23)6-1-13-7-10-20-11-8-13/h1-8,10-11,16H,9,12H2,(H,21,23)/b6-1+/t16-/m1/s1. The predicted octanol–water partition coefficient (Wildman–Crippen LogP) is 2.67. The third-order valence-corrected chi connectivity index (χ3v) is 4.05. The summed E-state index contributed by atoms with van der Waals surface area (Å²) < 4.78 is 0. The van der Waals surface area contributed by atoms with Crippen LogP contribution in [0.1, 0.15) is 12.0 Å². The van der Waals surface area contributed by atoms with Crippen molar-refractivity contribution in [3.05, 3.63) is 65.5 Å². The number of carbonyl (C=O) groups excluding carboxylic acids is 2. The van der Waals surface area contributed by atoms with Crippen LogP contribution in [0.2, 0.25) is 5.02 Å². The summed E-state index contributed by atoms with van der Waals surface area (Å²) in [5.41, 5.74) is 1.66. The van der Waals surface area contributed by atoms with E-state index in [2.05, 4.69) is 10.3 Å². The summed E-state index contributed by atoms with van der Waals surface area (Å²) >= 11 is 5.87. The number of aromatic nitrogens is 1. The van der Waals surface area contributed by atoms with Gasteiger partial charge in [-0.3, -0.25) is 14.6 Å². The van der Waals surface area contributed by atoms with Gasteiger partial charge in [0.25, 0.3) is 0 Å². The molecule has 1 atom stereocenters. The van der Waals surface area contributed by atoms with Crippen molar-refractivity contribution in [2.45, 2.75) is 12.5 Å². The average molecular weight is 342 g/mol. The van der Waals surface area contributed by atoms with E-state index < -0.39 is 6.04 Å². The van der Waals surface area contributed by atoms with E-state index in [0.29, 0.717) is 18.0 Å². The Morgan fingerprint density at radius 1 is 1.21 bits per heavy atom. The summed E-state index contributed by atoms with van der Waals surface area (Å²) in [6.45, 7) is 0.569. The van der Waals surface area contributed by atoms with E-state index >= 15 is 0 Å². The summed E-state index contributed by atoms with van der Waals surface area (Å²) in [5.74, 6) is -0.397. The molecule has 0 radical (unpaired) electrons. The van der Waals surface area contributed by atoms with Gasteiger partial charge in [-0.1, -0.05) is 11.6 Å². The fourth-order valence-corrected chi connectivity index (χ4v) is 2.68. The molecule has 1 aliphatic heterocycles.